The standard InChI is InChI=1S/C23H24F5N7O/c1-12-29-15-5-4-13(8-16(15)34(12)10-18(25)26)19-14(24)9-35-20(19)21(36-3)31-22(32-35)30-17-6-7-33(2)11-23(17,27)28/h4-5,8-9,17-18H,6-7,10-11H2,1-3H3,(H,30,32). The van der Waals surface area contributed by atoms with Crippen molar-refractivity contribution < 1.29 is 26.7 Å². The fourth-order valence-electron chi connectivity index (χ4n) is 4.71. The molecule has 0 aliphatic carbocycles. The number of aromatic nitrogens is 5. The Morgan fingerprint density at radius 3 is 2.72 bits per heavy atom. The Balaban J connectivity index is 1.58. The summed E-state index contributed by atoms with van der Waals surface area (Å²) in [6.07, 6.45) is -1.32. The first kappa shape index (κ1) is 24.2. The van der Waals surface area contributed by atoms with Crippen LogP contribution in [0.25, 0.3) is 27.7 Å². The van der Waals surface area contributed by atoms with Crippen LogP contribution in [0.2, 0.25) is 0 Å². The number of ether oxygens (including phenoxy) is 1. The van der Waals surface area contributed by atoms with Crippen molar-refractivity contribution in [2.24, 2.45) is 0 Å². The number of aryl methyl sites for hydroxylation is 1. The van der Waals surface area contributed by atoms with Gasteiger partial charge >= 0.3 is 0 Å². The fourth-order valence-corrected chi connectivity index (χ4v) is 4.71. The lowest BCUT2D eigenvalue weighted by Gasteiger charge is -2.36. The van der Waals surface area contributed by atoms with Gasteiger partial charge in [-0.25, -0.2) is 31.5 Å². The van der Waals surface area contributed by atoms with Gasteiger partial charge in [-0.3, -0.25) is 0 Å². The van der Waals surface area contributed by atoms with Crippen LogP contribution in [-0.2, 0) is 6.54 Å². The van der Waals surface area contributed by atoms with Crippen molar-refractivity contribution in [3.63, 3.8) is 0 Å². The summed E-state index contributed by atoms with van der Waals surface area (Å²) in [5.74, 6) is -3.43. The number of nitrogens with zero attached hydrogens (tertiary/aromatic N) is 6. The minimum absolute atomic E-state index is 0.0278. The lowest BCUT2D eigenvalue weighted by Crippen LogP contribution is -2.53. The summed E-state index contributed by atoms with van der Waals surface area (Å²) in [6.45, 7) is 1.14. The molecular weight excluding hydrogens is 485 g/mol. The van der Waals surface area contributed by atoms with E-state index in [1.54, 1.807) is 37.1 Å². The quantitative estimate of drug-likeness (QED) is 0.393. The Bertz CT molecular complexity index is 1430. The summed E-state index contributed by atoms with van der Waals surface area (Å²) in [6, 6.07) is 3.61. The number of fused-ring (bicyclic) bond motifs is 2. The lowest BCUT2D eigenvalue weighted by molar-refractivity contribution is -0.0675. The number of methoxy groups -OCH3 is 1. The zero-order valence-corrected chi connectivity index (χ0v) is 19.8. The van der Waals surface area contributed by atoms with E-state index in [0.29, 0.717) is 29.0 Å². The van der Waals surface area contributed by atoms with Gasteiger partial charge in [0.1, 0.15) is 11.3 Å². The Hall–Kier alpha value is -3.48. The molecular formula is C23H24F5N7O. The number of benzene rings is 1. The Kier molecular flexibility index (Phi) is 5.97. The average molecular weight is 509 g/mol. The molecule has 0 spiro atoms. The Morgan fingerprint density at radius 2 is 2.03 bits per heavy atom. The van der Waals surface area contributed by atoms with E-state index in [9.17, 15) is 17.6 Å². The molecule has 8 nitrogen and oxygen atoms in total. The smallest absolute Gasteiger partial charge is 0.280 e. The number of piperidine rings is 1. The zero-order chi connectivity index (χ0) is 25.8. The van der Waals surface area contributed by atoms with Crippen LogP contribution >= 0.6 is 0 Å². The SMILES string of the molecule is COc1nc(NC2CCN(C)CC2(F)F)nn2cc(F)c(-c3ccc4nc(C)n(CC(F)F)c4c3)c12. The third kappa shape index (κ3) is 4.21. The summed E-state index contributed by atoms with van der Waals surface area (Å²) in [4.78, 5) is 10.1. The molecule has 4 aromatic rings. The first-order valence-electron chi connectivity index (χ1n) is 11.3. The van der Waals surface area contributed by atoms with E-state index in [1.807, 2.05) is 0 Å². The van der Waals surface area contributed by atoms with Crippen LogP contribution in [0, 0.1) is 12.7 Å². The van der Waals surface area contributed by atoms with E-state index in [-0.39, 0.29) is 29.3 Å². The maximum absolute atomic E-state index is 15.2. The van der Waals surface area contributed by atoms with Crippen molar-refractivity contribution in [2.75, 3.05) is 32.6 Å². The van der Waals surface area contributed by atoms with Gasteiger partial charge in [-0.2, -0.15) is 4.98 Å². The fraction of sp³-hybridized carbons (Fsp3) is 0.435. The molecule has 13 heteroatoms. The molecule has 192 valence electrons. The number of rotatable bonds is 6. The molecule has 0 radical (unpaired) electrons. The van der Waals surface area contributed by atoms with E-state index in [4.69, 9.17) is 4.74 Å². The van der Waals surface area contributed by atoms with Gasteiger partial charge in [-0.15, -0.1) is 5.10 Å². The van der Waals surface area contributed by atoms with Crippen LogP contribution in [0.5, 0.6) is 5.88 Å². The first-order valence-corrected chi connectivity index (χ1v) is 11.3. The normalized spacial score (nSPS) is 18.4. The van der Waals surface area contributed by atoms with Crippen LogP contribution in [0.1, 0.15) is 12.2 Å². The van der Waals surface area contributed by atoms with Gasteiger partial charge < -0.3 is 19.5 Å². The van der Waals surface area contributed by atoms with Gasteiger partial charge in [0.25, 0.3) is 12.3 Å². The van der Waals surface area contributed by atoms with E-state index in [0.717, 1.165) is 6.20 Å². The van der Waals surface area contributed by atoms with Crippen LogP contribution in [0.15, 0.2) is 24.4 Å². The molecule has 1 N–H and O–H groups in total. The molecule has 1 saturated heterocycles. The molecule has 1 atom stereocenters. The van der Waals surface area contributed by atoms with Gasteiger partial charge in [0.2, 0.25) is 11.8 Å². The summed E-state index contributed by atoms with van der Waals surface area (Å²) < 4.78 is 78.5. The summed E-state index contributed by atoms with van der Waals surface area (Å²) in [7, 11) is 2.95. The second kappa shape index (κ2) is 8.87. The van der Waals surface area contributed by atoms with Crippen LogP contribution in [0.3, 0.4) is 0 Å². The topological polar surface area (TPSA) is 72.5 Å². The van der Waals surface area contributed by atoms with Crippen molar-refractivity contribution in [3.05, 3.63) is 36.0 Å². The Labute approximate surface area is 202 Å². The molecule has 1 aliphatic heterocycles. The van der Waals surface area contributed by atoms with Crippen molar-refractivity contribution in [3.8, 4) is 17.0 Å². The number of anilines is 1. The molecule has 0 amide bonds. The third-order valence-electron chi connectivity index (χ3n) is 6.39. The first-order chi connectivity index (χ1) is 17.1. The molecule has 0 saturated carbocycles. The van der Waals surface area contributed by atoms with Crippen molar-refractivity contribution in [1.29, 1.82) is 0 Å². The number of nitrogens with one attached hydrogen (secondary N) is 1. The van der Waals surface area contributed by atoms with Crippen LogP contribution < -0.4 is 10.1 Å². The maximum Gasteiger partial charge on any atom is 0.280 e. The molecule has 1 aromatic carbocycles. The highest BCUT2D eigenvalue weighted by molar-refractivity contribution is 5.90. The summed E-state index contributed by atoms with van der Waals surface area (Å²) in [5.41, 5.74) is 1.56. The highest BCUT2D eigenvalue weighted by Crippen LogP contribution is 2.36. The predicted molar refractivity (Wildman–Crippen MR) is 123 cm³/mol. The van der Waals surface area contributed by atoms with Crippen molar-refractivity contribution >= 4 is 22.5 Å². The van der Waals surface area contributed by atoms with Gasteiger partial charge in [0.05, 0.1) is 49.0 Å². The van der Waals surface area contributed by atoms with E-state index in [2.05, 4.69) is 20.4 Å². The minimum atomic E-state index is -3.01. The van der Waals surface area contributed by atoms with E-state index >= 15 is 4.39 Å². The van der Waals surface area contributed by atoms with Gasteiger partial charge in [-0.05, 0) is 38.1 Å². The summed E-state index contributed by atoms with van der Waals surface area (Å²) >= 11 is 0. The third-order valence-corrected chi connectivity index (χ3v) is 6.39. The Morgan fingerprint density at radius 1 is 1.25 bits per heavy atom. The average Bonchev–Trinajstić information content (AvgIpc) is 3.29. The molecule has 5 rings (SSSR count). The number of imidazole rings is 1. The number of halogens is 5. The monoisotopic (exact) mass is 509 g/mol. The zero-order valence-electron chi connectivity index (χ0n) is 19.8. The van der Waals surface area contributed by atoms with Crippen LogP contribution in [0.4, 0.5) is 27.9 Å². The van der Waals surface area contributed by atoms with Crippen molar-refractivity contribution in [1.82, 2.24) is 29.0 Å². The van der Waals surface area contributed by atoms with E-state index in [1.165, 1.54) is 16.2 Å². The molecule has 0 bridgehead atoms. The highest BCUT2D eigenvalue weighted by Gasteiger charge is 2.44. The van der Waals surface area contributed by atoms with Gasteiger partial charge in [-0.1, -0.05) is 6.07 Å². The molecule has 3 aromatic heterocycles. The van der Waals surface area contributed by atoms with E-state index < -0.39 is 37.3 Å². The minimum Gasteiger partial charge on any atom is -0.479 e. The van der Waals surface area contributed by atoms with Crippen LogP contribution in [-0.4, -0.2) is 74.7 Å². The molecule has 1 fully saturated rings. The number of alkyl halides is 4. The number of likely N-dealkylation sites (tertiary alicyclic amines) is 1. The largest absolute Gasteiger partial charge is 0.479 e. The number of hydrogen-bond acceptors (Lipinski definition) is 6. The molecule has 1 aliphatic rings. The predicted octanol–water partition coefficient (Wildman–Crippen LogP) is 4.22. The number of hydrogen-bond donors (Lipinski definition) is 1. The van der Waals surface area contributed by atoms with Gasteiger partial charge in [0.15, 0.2) is 5.82 Å². The highest BCUT2D eigenvalue weighted by atomic mass is 19.3. The summed E-state index contributed by atoms with van der Waals surface area (Å²) in [5, 5.41) is 6.88. The second-order valence-electron chi connectivity index (χ2n) is 8.94. The lowest BCUT2D eigenvalue weighted by atomic mass is 10.0. The molecule has 4 heterocycles. The van der Waals surface area contributed by atoms with Crippen molar-refractivity contribution in [2.45, 2.75) is 38.3 Å². The maximum atomic E-state index is 15.2. The second-order valence-corrected chi connectivity index (χ2v) is 8.94. The molecule has 36 heavy (non-hydrogen) atoms. The molecule has 1 unspecified atom stereocenters. The van der Waals surface area contributed by atoms with Gasteiger partial charge in [0, 0.05) is 6.54 Å².